The molecule has 0 saturated heterocycles. The quantitative estimate of drug-likeness (QED) is 0.518. The van der Waals surface area contributed by atoms with Crippen molar-refractivity contribution in [2.45, 2.75) is 68.3 Å². The van der Waals surface area contributed by atoms with E-state index >= 15 is 0 Å². The fourth-order valence-electron chi connectivity index (χ4n) is 4.81. The molecule has 0 bridgehead atoms. The molecule has 4 rings (SSSR count). The van der Waals surface area contributed by atoms with Gasteiger partial charge in [0.15, 0.2) is 0 Å². The van der Waals surface area contributed by atoms with Crippen molar-refractivity contribution in [3.8, 4) is 0 Å². The molecule has 0 aromatic rings. The Morgan fingerprint density at radius 1 is 1.23 bits per heavy atom. The van der Waals surface area contributed by atoms with Gasteiger partial charge in [-0.2, -0.15) is 0 Å². The van der Waals surface area contributed by atoms with Crippen molar-refractivity contribution in [1.82, 2.24) is 14.9 Å². The number of rotatable bonds is 3. The number of nitrogens with zero attached hydrogens (tertiary/aromatic N) is 1. The van der Waals surface area contributed by atoms with Crippen LogP contribution in [0, 0.1) is 17.8 Å². The van der Waals surface area contributed by atoms with E-state index in [9.17, 15) is 27.9 Å². The molecule has 1 aliphatic heterocycles. The Morgan fingerprint density at radius 2 is 1.94 bits per heavy atom. The van der Waals surface area contributed by atoms with Crippen molar-refractivity contribution in [3.05, 3.63) is 12.2 Å². The van der Waals surface area contributed by atoms with E-state index in [0.29, 0.717) is 25.8 Å². The predicted molar refractivity (Wildman–Crippen MR) is 112 cm³/mol. The maximum atomic E-state index is 13.2. The molecule has 4 aliphatic rings. The van der Waals surface area contributed by atoms with Crippen LogP contribution in [0.5, 0.6) is 0 Å². The Hall–Kier alpha value is -1.94. The van der Waals surface area contributed by atoms with Crippen molar-refractivity contribution in [3.63, 3.8) is 0 Å². The maximum absolute atomic E-state index is 13.2. The molecule has 3 N–H and O–H groups in total. The van der Waals surface area contributed by atoms with E-state index in [0.717, 1.165) is 19.3 Å². The fraction of sp³-hybridized carbons (Fsp3) is 0.762. The lowest BCUT2D eigenvalue weighted by molar-refractivity contribution is -0.140. The molecule has 0 radical (unpaired) electrons. The lowest BCUT2D eigenvalue weighted by Crippen LogP contribution is -2.54. The van der Waals surface area contributed by atoms with Gasteiger partial charge in [-0.25, -0.2) is 8.42 Å². The Bertz CT molecular complexity index is 899. The SMILES string of the molecule is CN1CCCC/C=C\[C@@H]2C[C@@]2(C(=O)NS(=O)(=O)C2CC2)NC(=O)[C@@H]2C[C@H](O)C[C@H]2C1=O. The second-order valence-electron chi connectivity index (χ2n) is 9.47. The number of fused-ring (bicyclic) bond motifs is 2. The van der Waals surface area contributed by atoms with E-state index < -0.39 is 50.6 Å². The van der Waals surface area contributed by atoms with Crippen LogP contribution >= 0.6 is 0 Å². The van der Waals surface area contributed by atoms with E-state index in [-0.39, 0.29) is 24.7 Å². The molecule has 172 valence electrons. The third-order valence-electron chi connectivity index (χ3n) is 7.01. The first-order valence-electron chi connectivity index (χ1n) is 11.1. The minimum absolute atomic E-state index is 0.147. The Kier molecular flexibility index (Phi) is 5.89. The van der Waals surface area contributed by atoms with Crippen LogP contribution in [0.4, 0.5) is 0 Å². The maximum Gasteiger partial charge on any atom is 0.259 e. The summed E-state index contributed by atoms with van der Waals surface area (Å²) in [6.07, 6.45) is 7.27. The van der Waals surface area contributed by atoms with Gasteiger partial charge in [-0.15, -0.1) is 0 Å². The zero-order valence-corrected chi connectivity index (χ0v) is 18.6. The molecule has 3 amide bonds. The summed E-state index contributed by atoms with van der Waals surface area (Å²) >= 11 is 0. The molecule has 0 aromatic heterocycles. The minimum atomic E-state index is -3.74. The number of hydrogen-bond acceptors (Lipinski definition) is 6. The van der Waals surface area contributed by atoms with E-state index in [1.165, 1.54) is 0 Å². The number of allylic oxidation sites excluding steroid dienone is 1. The monoisotopic (exact) mass is 453 g/mol. The second-order valence-corrected chi connectivity index (χ2v) is 11.4. The number of hydrogen-bond donors (Lipinski definition) is 3. The molecule has 31 heavy (non-hydrogen) atoms. The standard InChI is InChI=1S/C21H31N3O6S/c1-24-9-5-3-2-4-6-13-12-21(13,20(28)23-31(29,30)15-7-8-15)22-18(26)16-10-14(25)11-17(16)19(24)27/h4,6,13-17,25H,2-3,5,7-12H2,1H3,(H,22,26)(H,23,28)/b6-4-/t13-,14+,16-,17-,21-/m1/s1. The predicted octanol–water partition coefficient (Wildman–Crippen LogP) is 0.0553. The topological polar surface area (TPSA) is 133 Å². The summed E-state index contributed by atoms with van der Waals surface area (Å²) in [6, 6.07) is 0. The van der Waals surface area contributed by atoms with Crippen LogP contribution in [0.1, 0.15) is 51.4 Å². The van der Waals surface area contributed by atoms with E-state index in [1.54, 1.807) is 11.9 Å². The van der Waals surface area contributed by atoms with E-state index in [1.807, 2.05) is 12.2 Å². The number of amides is 3. The largest absolute Gasteiger partial charge is 0.393 e. The third kappa shape index (κ3) is 4.50. The molecule has 3 fully saturated rings. The number of aliphatic hydroxyl groups is 1. The van der Waals surface area contributed by atoms with Crippen LogP contribution in [0.25, 0.3) is 0 Å². The zero-order chi connectivity index (χ0) is 22.4. The van der Waals surface area contributed by atoms with Gasteiger partial charge in [0.05, 0.1) is 23.2 Å². The number of sulfonamides is 1. The lowest BCUT2D eigenvalue weighted by atomic mass is 9.93. The molecule has 0 aromatic carbocycles. The van der Waals surface area contributed by atoms with Crippen LogP contribution in [0.15, 0.2) is 12.2 Å². The third-order valence-corrected chi connectivity index (χ3v) is 8.83. The van der Waals surface area contributed by atoms with Gasteiger partial charge in [0.25, 0.3) is 5.91 Å². The van der Waals surface area contributed by atoms with Gasteiger partial charge in [0.2, 0.25) is 21.8 Å². The van der Waals surface area contributed by atoms with Crippen molar-refractivity contribution in [1.29, 1.82) is 0 Å². The molecule has 9 nitrogen and oxygen atoms in total. The summed E-state index contributed by atoms with van der Waals surface area (Å²) in [7, 11) is -2.04. The molecule has 0 spiro atoms. The highest BCUT2D eigenvalue weighted by Crippen LogP contribution is 2.46. The molecule has 10 heteroatoms. The zero-order valence-electron chi connectivity index (χ0n) is 17.7. The molecule has 1 heterocycles. The highest BCUT2D eigenvalue weighted by atomic mass is 32.2. The fourth-order valence-corrected chi connectivity index (χ4v) is 6.18. The summed E-state index contributed by atoms with van der Waals surface area (Å²) in [5.74, 6) is -3.06. The molecule has 0 unspecified atom stereocenters. The van der Waals surface area contributed by atoms with Crippen LogP contribution in [0.3, 0.4) is 0 Å². The lowest BCUT2D eigenvalue weighted by Gasteiger charge is -2.26. The van der Waals surface area contributed by atoms with Crippen molar-refractivity contribution in [2.24, 2.45) is 17.8 Å². The van der Waals surface area contributed by atoms with Crippen molar-refractivity contribution < 1.29 is 27.9 Å². The van der Waals surface area contributed by atoms with Gasteiger partial charge in [-0.1, -0.05) is 12.2 Å². The number of nitrogens with one attached hydrogen (secondary N) is 2. The van der Waals surface area contributed by atoms with Crippen LogP contribution < -0.4 is 10.0 Å². The summed E-state index contributed by atoms with van der Waals surface area (Å²) in [6.45, 7) is 0.586. The van der Waals surface area contributed by atoms with Gasteiger partial charge >= 0.3 is 0 Å². The summed E-state index contributed by atoms with van der Waals surface area (Å²) in [5.41, 5.74) is -1.33. The van der Waals surface area contributed by atoms with Gasteiger partial charge in [0, 0.05) is 19.5 Å². The average molecular weight is 454 g/mol. The van der Waals surface area contributed by atoms with Crippen LogP contribution in [0.2, 0.25) is 0 Å². The highest BCUT2D eigenvalue weighted by molar-refractivity contribution is 7.91. The Labute approximate surface area is 182 Å². The summed E-state index contributed by atoms with van der Waals surface area (Å²) < 4.78 is 26.8. The van der Waals surface area contributed by atoms with E-state index in [4.69, 9.17) is 0 Å². The molecule has 3 saturated carbocycles. The first-order chi connectivity index (χ1) is 14.6. The van der Waals surface area contributed by atoms with E-state index in [2.05, 4.69) is 10.0 Å². The smallest absolute Gasteiger partial charge is 0.259 e. The van der Waals surface area contributed by atoms with Gasteiger partial charge in [-0.3, -0.25) is 19.1 Å². The molecular formula is C21H31N3O6S. The Balaban J connectivity index is 1.58. The number of carbonyl (C=O) groups is 3. The first kappa shape index (κ1) is 22.3. The second kappa shape index (κ2) is 8.20. The summed E-state index contributed by atoms with van der Waals surface area (Å²) in [4.78, 5) is 40.7. The summed E-state index contributed by atoms with van der Waals surface area (Å²) in [5, 5.41) is 12.4. The first-order valence-corrected chi connectivity index (χ1v) is 12.7. The van der Waals surface area contributed by atoms with Gasteiger partial charge in [0.1, 0.15) is 5.54 Å². The number of aliphatic hydroxyl groups excluding tert-OH is 1. The van der Waals surface area contributed by atoms with Gasteiger partial charge in [-0.05, 0) is 51.4 Å². The van der Waals surface area contributed by atoms with Gasteiger partial charge < -0.3 is 15.3 Å². The molecular weight excluding hydrogens is 422 g/mol. The number of carbonyl (C=O) groups excluding carboxylic acids is 3. The van der Waals surface area contributed by atoms with Crippen molar-refractivity contribution >= 4 is 27.7 Å². The molecule has 3 aliphatic carbocycles. The molecule has 5 atom stereocenters. The Morgan fingerprint density at radius 3 is 2.65 bits per heavy atom. The normalized spacial score (nSPS) is 37.8. The van der Waals surface area contributed by atoms with Crippen LogP contribution in [-0.4, -0.2) is 66.6 Å². The van der Waals surface area contributed by atoms with Crippen LogP contribution in [-0.2, 0) is 24.4 Å². The minimum Gasteiger partial charge on any atom is -0.393 e. The van der Waals surface area contributed by atoms with Crippen molar-refractivity contribution in [2.75, 3.05) is 13.6 Å². The average Bonchev–Trinajstić information content (AvgIpc) is 3.61. The highest BCUT2D eigenvalue weighted by Gasteiger charge is 2.62.